The van der Waals surface area contributed by atoms with Crippen LogP contribution in [0.2, 0.25) is 0 Å². The Morgan fingerprint density at radius 1 is 1.35 bits per heavy atom. The largest absolute Gasteiger partial charge is 0.310 e. The molecule has 0 N–H and O–H groups in total. The van der Waals surface area contributed by atoms with Gasteiger partial charge in [0, 0.05) is 17.2 Å². The number of thioether (sulfide) groups is 1. The van der Waals surface area contributed by atoms with E-state index in [1.165, 1.54) is 0 Å². The van der Waals surface area contributed by atoms with Gasteiger partial charge in [0.05, 0.1) is 11.4 Å². The molecule has 0 fully saturated rings. The maximum absolute atomic E-state index is 12.3. The summed E-state index contributed by atoms with van der Waals surface area (Å²) in [6.07, 6.45) is 0. The lowest BCUT2D eigenvalue weighted by Gasteiger charge is -2.29. The predicted octanol–water partition coefficient (Wildman–Crippen LogP) is 2.20. The lowest BCUT2D eigenvalue weighted by Crippen LogP contribution is -2.40. The molecule has 1 aliphatic heterocycles. The smallest absolute Gasteiger partial charge is 0.242 e. The molecule has 2 rings (SSSR count). The first-order chi connectivity index (χ1) is 9.39. The van der Waals surface area contributed by atoms with Gasteiger partial charge < -0.3 is 4.90 Å². The van der Waals surface area contributed by atoms with Gasteiger partial charge in [-0.2, -0.15) is 0 Å². The van der Waals surface area contributed by atoms with E-state index < -0.39 is 15.6 Å². The second-order valence-corrected chi connectivity index (χ2v) is 8.56. The van der Waals surface area contributed by atoms with Crippen LogP contribution in [0.5, 0.6) is 0 Å². The van der Waals surface area contributed by atoms with Crippen molar-refractivity contribution in [1.82, 2.24) is 0 Å². The number of amides is 1. The van der Waals surface area contributed by atoms with Crippen molar-refractivity contribution >= 4 is 33.2 Å². The second-order valence-electron chi connectivity index (χ2n) is 5.31. The fourth-order valence-corrected chi connectivity index (χ4v) is 4.92. The fraction of sp³-hybridized carbons (Fsp3) is 0.500. The van der Waals surface area contributed by atoms with Crippen LogP contribution < -0.4 is 4.90 Å². The SMILES string of the molecule is CC(C)CS(=O)(=O)CC(=O)N1CCSc2ccccc21. The summed E-state index contributed by atoms with van der Waals surface area (Å²) in [5.74, 6) is 0.176. The molecule has 0 unspecified atom stereocenters. The van der Waals surface area contributed by atoms with E-state index in [-0.39, 0.29) is 17.6 Å². The van der Waals surface area contributed by atoms with E-state index in [1.807, 2.05) is 38.1 Å². The maximum atomic E-state index is 12.3. The third kappa shape index (κ3) is 3.76. The van der Waals surface area contributed by atoms with Gasteiger partial charge in [-0.15, -0.1) is 11.8 Å². The number of rotatable bonds is 4. The Kier molecular flexibility index (Phi) is 4.75. The molecule has 0 aromatic heterocycles. The van der Waals surface area contributed by atoms with Crippen molar-refractivity contribution in [2.45, 2.75) is 18.7 Å². The normalized spacial score (nSPS) is 15.2. The Balaban J connectivity index is 2.15. The van der Waals surface area contributed by atoms with Gasteiger partial charge in [0.1, 0.15) is 5.75 Å². The number of carbonyl (C=O) groups is 1. The predicted molar refractivity (Wildman–Crippen MR) is 83.0 cm³/mol. The highest BCUT2D eigenvalue weighted by molar-refractivity contribution is 7.99. The van der Waals surface area contributed by atoms with Gasteiger partial charge in [0.15, 0.2) is 9.84 Å². The molecular formula is C14H19NO3S2. The van der Waals surface area contributed by atoms with Crippen molar-refractivity contribution in [2.24, 2.45) is 5.92 Å². The summed E-state index contributed by atoms with van der Waals surface area (Å²) < 4.78 is 23.9. The first kappa shape index (κ1) is 15.4. The molecule has 0 saturated carbocycles. The number of carbonyl (C=O) groups excluding carboxylic acids is 1. The van der Waals surface area contributed by atoms with Gasteiger partial charge in [0.2, 0.25) is 5.91 Å². The van der Waals surface area contributed by atoms with Crippen LogP contribution in [0.3, 0.4) is 0 Å². The molecule has 0 spiro atoms. The van der Waals surface area contributed by atoms with E-state index in [9.17, 15) is 13.2 Å². The van der Waals surface area contributed by atoms with E-state index in [4.69, 9.17) is 0 Å². The van der Waals surface area contributed by atoms with Gasteiger partial charge in [0.25, 0.3) is 0 Å². The molecule has 0 atom stereocenters. The zero-order valence-corrected chi connectivity index (χ0v) is 13.3. The van der Waals surface area contributed by atoms with Crippen LogP contribution in [0.15, 0.2) is 29.2 Å². The van der Waals surface area contributed by atoms with Crippen LogP contribution in [-0.4, -0.2) is 38.1 Å². The van der Waals surface area contributed by atoms with Gasteiger partial charge in [-0.1, -0.05) is 26.0 Å². The Morgan fingerprint density at radius 2 is 2.05 bits per heavy atom. The van der Waals surface area contributed by atoms with Gasteiger partial charge in [-0.25, -0.2) is 8.42 Å². The number of hydrogen-bond donors (Lipinski definition) is 0. The highest BCUT2D eigenvalue weighted by atomic mass is 32.2. The minimum atomic E-state index is -3.33. The summed E-state index contributed by atoms with van der Waals surface area (Å²) >= 11 is 1.70. The first-order valence-corrected chi connectivity index (χ1v) is 9.42. The molecular weight excluding hydrogens is 294 g/mol. The third-order valence-electron chi connectivity index (χ3n) is 2.96. The summed E-state index contributed by atoms with van der Waals surface area (Å²) in [6.45, 7) is 4.25. The summed E-state index contributed by atoms with van der Waals surface area (Å²) in [5.41, 5.74) is 0.827. The van der Waals surface area contributed by atoms with Crippen molar-refractivity contribution in [3.8, 4) is 0 Å². The Morgan fingerprint density at radius 3 is 2.75 bits per heavy atom. The molecule has 0 aliphatic carbocycles. The topological polar surface area (TPSA) is 54.5 Å². The highest BCUT2D eigenvalue weighted by Crippen LogP contribution is 2.34. The Hall–Kier alpha value is -1.01. The first-order valence-electron chi connectivity index (χ1n) is 6.61. The van der Waals surface area contributed by atoms with Crippen molar-refractivity contribution in [3.63, 3.8) is 0 Å². The van der Waals surface area contributed by atoms with Crippen LogP contribution >= 0.6 is 11.8 Å². The lowest BCUT2D eigenvalue weighted by atomic mass is 10.3. The van der Waals surface area contributed by atoms with Gasteiger partial charge >= 0.3 is 0 Å². The monoisotopic (exact) mass is 313 g/mol. The fourth-order valence-electron chi connectivity index (χ4n) is 2.26. The van der Waals surface area contributed by atoms with Crippen molar-refractivity contribution < 1.29 is 13.2 Å². The van der Waals surface area contributed by atoms with Crippen LogP contribution in [0, 0.1) is 5.92 Å². The van der Waals surface area contributed by atoms with Crippen LogP contribution in [0.1, 0.15) is 13.8 Å². The molecule has 0 bridgehead atoms. The zero-order valence-electron chi connectivity index (χ0n) is 11.7. The minimum absolute atomic E-state index is 0.0389. The van der Waals surface area contributed by atoms with Crippen LogP contribution in [-0.2, 0) is 14.6 Å². The number of hydrogen-bond acceptors (Lipinski definition) is 4. The number of nitrogens with zero attached hydrogens (tertiary/aromatic N) is 1. The number of sulfone groups is 1. The van der Waals surface area contributed by atoms with E-state index in [1.54, 1.807) is 16.7 Å². The molecule has 4 nitrogen and oxygen atoms in total. The number of fused-ring (bicyclic) bond motifs is 1. The number of benzene rings is 1. The van der Waals surface area contributed by atoms with E-state index >= 15 is 0 Å². The summed E-state index contributed by atoms with van der Waals surface area (Å²) in [7, 11) is -3.33. The van der Waals surface area contributed by atoms with Crippen LogP contribution in [0.25, 0.3) is 0 Å². The Bertz CT molecular complexity index is 596. The Labute approximate surface area is 124 Å². The molecule has 1 aromatic rings. The molecule has 1 aliphatic rings. The summed E-state index contributed by atoms with van der Waals surface area (Å²) in [4.78, 5) is 14.9. The molecule has 110 valence electrons. The standard InChI is InChI=1S/C14H19NO3S2/c1-11(2)9-20(17,18)10-14(16)15-7-8-19-13-6-4-3-5-12(13)15/h3-6,11H,7-10H2,1-2H3. The third-order valence-corrected chi connectivity index (χ3v) is 5.86. The van der Waals surface area contributed by atoms with Gasteiger partial charge in [-0.05, 0) is 18.1 Å². The lowest BCUT2D eigenvalue weighted by molar-refractivity contribution is -0.116. The molecule has 6 heteroatoms. The van der Waals surface area contributed by atoms with Crippen molar-refractivity contribution in [3.05, 3.63) is 24.3 Å². The molecule has 1 amide bonds. The average Bonchev–Trinajstić information content (AvgIpc) is 2.35. The number of para-hydroxylation sites is 1. The van der Waals surface area contributed by atoms with Crippen LogP contribution in [0.4, 0.5) is 5.69 Å². The highest BCUT2D eigenvalue weighted by Gasteiger charge is 2.27. The van der Waals surface area contributed by atoms with E-state index in [0.717, 1.165) is 16.3 Å². The summed E-state index contributed by atoms with van der Waals surface area (Å²) in [6, 6.07) is 7.62. The molecule has 20 heavy (non-hydrogen) atoms. The minimum Gasteiger partial charge on any atom is -0.310 e. The molecule has 1 aromatic carbocycles. The van der Waals surface area contributed by atoms with E-state index in [2.05, 4.69) is 0 Å². The van der Waals surface area contributed by atoms with Crippen molar-refractivity contribution in [2.75, 3.05) is 28.7 Å². The molecule has 0 saturated heterocycles. The second kappa shape index (κ2) is 6.18. The zero-order chi connectivity index (χ0) is 14.8. The maximum Gasteiger partial charge on any atom is 0.242 e. The van der Waals surface area contributed by atoms with E-state index in [0.29, 0.717) is 6.54 Å². The molecule has 0 radical (unpaired) electrons. The number of anilines is 1. The van der Waals surface area contributed by atoms with Crippen molar-refractivity contribution in [1.29, 1.82) is 0 Å². The average molecular weight is 313 g/mol. The summed E-state index contributed by atoms with van der Waals surface area (Å²) in [5, 5.41) is 0. The van der Waals surface area contributed by atoms with Gasteiger partial charge in [-0.3, -0.25) is 4.79 Å². The quantitative estimate of drug-likeness (QED) is 0.855. The molecule has 1 heterocycles.